The molecule has 5 rings (SSSR count). The van der Waals surface area contributed by atoms with Gasteiger partial charge in [0, 0.05) is 30.5 Å². The van der Waals surface area contributed by atoms with E-state index in [-0.39, 0.29) is 12.1 Å². The van der Waals surface area contributed by atoms with Gasteiger partial charge in [-0.15, -0.1) is 0 Å². The minimum Gasteiger partial charge on any atom is -0.343 e. The Kier molecular flexibility index (Phi) is 14.8. The smallest absolute Gasteiger partial charge is 0.343 e. The standard InChI is InChI=1S/C21H20F3N4O2P.C8H9N.2C2H6/c1-2-27(20-17(31)12-26-28(20)16-9-4-3-5-10-16)18(29)13-25-19(30)14-7-6-8-15(11-14)21(22,23)24;1-2-4-8-6-9-5-7(8)3-1;2*1-2/h3-12H,2,13,31H2,1H3,(H,25,30);1-4,9H,5-6H2;2*1-2H3. The summed E-state index contributed by atoms with van der Waals surface area (Å²) in [5.41, 5.74) is 2.56. The number of hydrogen-bond acceptors (Lipinski definition) is 4. The molecule has 3 aromatic carbocycles. The third kappa shape index (κ3) is 9.76. The van der Waals surface area contributed by atoms with E-state index >= 15 is 0 Å². The van der Waals surface area contributed by atoms with Crippen molar-refractivity contribution >= 4 is 32.2 Å². The molecule has 4 aromatic rings. The van der Waals surface area contributed by atoms with E-state index in [1.54, 1.807) is 17.8 Å². The van der Waals surface area contributed by atoms with Crippen LogP contribution in [-0.4, -0.2) is 34.7 Å². The number of likely N-dealkylation sites (N-methyl/N-ethyl adjacent to an activating group) is 1. The average molecular weight is 628 g/mol. The number of carbonyl (C=O) groups excluding carboxylic acids is 2. The van der Waals surface area contributed by atoms with Crippen LogP contribution in [0, 0.1) is 0 Å². The highest BCUT2D eigenvalue weighted by molar-refractivity contribution is 7.28. The van der Waals surface area contributed by atoms with Crippen molar-refractivity contribution < 1.29 is 22.8 Å². The molecule has 0 radical (unpaired) electrons. The van der Waals surface area contributed by atoms with Gasteiger partial charge in [-0.2, -0.15) is 18.3 Å². The molecule has 236 valence electrons. The zero-order chi connectivity index (χ0) is 32.7. The maximum atomic E-state index is 12.9. The van der Waals surface area contributed by atoms with Crippen LogP contribution >= 0.6 is 9.24 Å². The first-order chi connectivity index (χ1) is 21.2. The van der Waals surface area contributed by atoms with Crippen molar-refractivity contribution in [1.82, 2.24) is 20.4 Å². The number of para-hydroxylation sites is 1. The number of carbonyl (C=O) groups is 2. The minimum atomic E-state index is -4.56. The molecule has 2 amide bonds. The quantitative estimate of drug-likeness (QED) is 0.239. The van der Waals surface area contributed by atoms with Gasteiger partial charge in [0.15, 0.2) is 0 Å². The van der Waals surface area contributed by atoms with Gasteiger partial charge in [0.25, 0.3) is 5.91 Å². The van der Waals surface area contributed by atoms with Crippen LogP contribution in [0.1, 0.15) is 61.7 Å². The molecule has 1 atom stereocenters. The molecule has 0 saturated carbocycles. The highest BCUT2D eigenvalue weighted by atomic mass is 31.0. The van der Waals surface area contributed by atoms with Crippen LogP contribution < -0.4 is 20.8 Å². The molecule has 44 heavy (non-hydrogen) atoms. The summed E-state index contributed by atoms with van der Waals surface area (Å²) in [5, 5.41) is 10.7. The lowest BCUT2D eigenvalue weighted by Crippen LogP contribution is -2.42. The van der Waals surface area contributed by atoms with Crippen molar-refractivity contribution in [2.24, 2.45) is 0 Å². The molecular weight excluding hydrogens is 586 g/mol. The van der Waals surface area contributed by atoms with Crippen LogP contribution in [0.4, 0.5) is 19.0 Å². The Labute approximate surface area is 260 Å². The van der Waals surface area contributed by atoms with E-state index in [0.29, 0.717) is 17.7 Å². The summed E-state index contributed by atoms with van der Waals surface area (Å²) in [4.78, 5) is 26.6. The molecule has 1 aromatic heterocycles. The van der Waals surface area contributed by atoms with Crippen molar-refractivity contribution in [3.05, 3.63) is 107 Å². The monoisotopic (exact) mass is 627 g/mol. The summed E-state index contributed by atoms with van der Waals surface area (Å²) >= 11 is 0. The predicted molar refractivity (Wildman–Crippen MR) is 174 cm³/mol. The molecule has 1 aliphatic heterocycles. The Morgan fingerprint density at radius 2 is 1.52 bits per heavy atom. The number of rotatable bonds is 6. The number of hydrogen-bond donors (Lipinski definition) is 2. The Bertz CT molecular complexity index is 1450. The van der Waals surface area contributed by atoms with Crippen LogP contribution in [0.3, 0.4) is 0 Å². The van der Waals surface area contributed by atoms with Crippen LogP contribution in [0.15, 0.2) is 85.1 Å². The molecule has 0 bridgehead atoms. The highest BCUT2D eigenvalue weighted by Gasteiger charge is 2.31. The van der Waals surface area contributed by atoms with E-state index in [2.05, 4.69) is 49.2 Å². The Morgan fingerprint density at radius 3 is 2.09 bits per heavy atom. The lowest BCUT2D eigenvalue weighted by molar-refractivity contribution is -0.137. The molecule has 2 heterocycles. The Hall–Kier alpha value is -4.01. The van der Waals surface area contributed by atoms with Crippen molar-refractivity contribution in [1.29, 1.82) is 0 Å². The number of fused-ring (bicyclic) bond motifs is 1. The number of anilines is 1. The van der Waals surface area contributed by atoms with Gasteiger partial charge >= 0.3 is 6.18 Å². The predicted octanol–water partition coefficient (Wildman–Crippen LogP) is 6.52. The molecule has 0 saturated heterocycles. The van der Waals surface area contributed by atoms with Gasteiger partial charge < -0.3 is 10.6 Å². The van der Waals surface area contributed by atoms with E-state index in [4.69, 9.17) is 0 Å². The number of alkyl halides is 3. The first-order valence-corrected chi connectivity index (χ1v) is 15.2. The topological polar surface area (TPSA) is 79.3 Å². The number of nitrogens with zero attached hydrogens (tertiary/aromatic N) is 3. The molecule has 2 N–H and O–H groups in total. The van der Waals surface area contributed by atoms with E-state index < -0.39 is 23.6 Å². The lowest BCUT2D eigenvalue weighted by atomic mass is 10.1. The van der Waals surface area contributed by atoms with Gasteiger partial charge in [-0.25, -0.2) is 4.68 Å². The van der Waals surface area contributed by atoms with Gasteiger partial charge in [-0.3, -0.25) is 14.5 Å². The van der Waals surface area contributed by atoms with Crippen molar-refractivity contribution in [2.75, 3.05) is 18.0 Å². The van der Waals surface area contributed by atoms with Gasteiger partial charge in [-0.05, 0) is 48.4 Å². The molecule has 0 spiro atoms. The summed E-state index contributed by atoms with van der Waals surface area (Å²) < 4.78 is 40.2. The summed E-state index contributed by atoms with van der Waals surface area (Å²) in [7, 11) is 2.52. The van der Waals surface area contributed by atoms with Crippen LogP contribution in [0.5, 0.6) is 0 Å². The Morgan fingerprint density at radius 1 is 0.932 bits per heavy atom. The molecule has 11 heteroatoms. The second-order valence-corrected chi connectivity index (χ2v) is 9.56. The zero-order valence-corrected chi connectivity index (χ0v) is 26.9. The van der Waals surface area contributed by atoms with Gasteiger partial charge in [0.1, 0.15) is 5.82 Å². The molecular formula is C33H41F3N5O2P. The maximum Gasteiger partial charge on any atom is 0.416 e. The molecule has 0 fully saturated rings. The number of benzene rings is 3. The summed E-state index contributed by atoms with van der Waals surface area (Å²) in [6.45, 7) is 11.8. The normalized spacial score (nSPS) is 11.4. The number of aromatic nitrogens is 2. The van der Waals surface area contributed by atoms with E-state index in [0.717, 1.165) is 37.0 Å². The first-order valence-electron chi connectivity index (χ1n) is 14.6. The van der Waals surface area contributed by atoms with E-state index in [1.165, 1.54) is 22.1 Å². The molecule has 7 nitrogen and oxygen atoms in total. The SMILES string of the molecule is CC.CC.CCN(C(=O)CNC(=O)c1cccc(C(F)(F)F)c1)c1c(P)cnn1-c1ccccc1.c1ccc2c(c1)CNC2. The first kappa shape index (κ1) is 36.2. The molecule has 1 unspecified atom stereocenters. The number of nitrogens with one attached hydrogen (secondary N) is 2. The highest BCUT2D eigenvalue weighted by Crippen LogP contribution is 2.29. The maximum absolute atomic E-state index is 12.9. The van der Waals surface area contributed by atoms with Crippen molar-refractivity contribution in [3.63, 3.8) is 0 Å². The van der Waals surface area contributed by atoms with E-state index in [9.17, 15) is 22.8 Å². The number of halogens is 3. The fraction of sp³-hybridized carbons (Fsp3) is 0.303. The second-order valence-electron chi connectivity index (χ2n) is 8.94. The summed E-state index contributed by atoms with van der Waals surface area (Å²) in [5.74, 6) is -0.667. The van der Waals surface area contributed by atoms with Crippen LogP contribution in [0.2, 0.25) is 0 Å². The van der Waals surface area contributed by atoms with Crippen LogP contribution in [-0.2, 0) is 24.1 Å². The molecule has 0 aliphatic carbocycles. The van der Waals surface area contributed by atoms with Crippen molar-refractivity contribution in [2.45, 2.75) is 53.9 Å². The fourth-order valence-electron chi connectivity index (χ4n) is 4.25. The van der Waals surface area contributed by atoms with Gasteiger partial charge in [-0.1, -0.05) is 85.5 Å². The summed E-state index contributed by atoms with van der Waals surface area (Å²) in [6, 6.07) is 21.8. The zero-order valence-electron chi connectivity index (χ0n) is 25.8. The van der Waals surface area contributed by atoms with E-state index in [1.807, 2.05) is 58.0 Å². The largest absolute Gasteiger partial charge is 0.416 e. The van der Waals surface area contributed by atoms with Gasteiger partial charge in [0.05, 0.1) is 24.0 Å². The van der Waals surface area contributed by atoms with Crippen molar-refractivity contribution in [3.8, 4) is 5.69 Å². The minimum absolute atomic E-state index is 0.174. The third-order valence-corrected chi connectivity index (χ3v) is 6.65. The average Bonchev–Trinajstić information content (AvgIpc) is 3.69. The molecule has 1 aliphatic rings. The van der Waals surface area contributed by atoms with Gasteiger partial charge in [0.2, 0.25) is 5.91 Å². The lowest BCUT2D eigenvalue weighted by Gasteiger charge is -2.23. The fourth-order valence-corrected chi connectivity index (χ4v) is 4.60. The third-order valence-electron chi connectivity index (χ3n) is 6.25. The van der Waals surface area contributed by atoms with Crippen LogP contribution in [0.25, 0.3) is 5.69 Å². The number of amides is 2. The second kappa shape index (κ2) is 18.0. The summed E-state index contributed by atoms with van der Waals surface area (Å²) in [6.07, 6.45) is -2.96. The Balaban J connectivity index is 0.000000431.